The molecule has 1 saturated heterocycles. The SMILES string of the molecule is CN(C)[C@@H]1C(O)=C(C(N)=O)C(=O)C2C(=O)C3=C(O)c4c(cc5ccc(CN6CC[C@H](O)C6)cc5c4O)C[C@H]3CC21. The lowest BCUT2D eigenvalue weighted by atomic mass is 9.59. The zero-order valence-corrected chi connectivity index (χ0v) is 22.4. The zero-order chi connectivity index (χ0) is 28.6. The predicted octanol–water partition coefficient (Wildman–Crippen LogP) is 1.57. The summed E-state index contributed by atoms with van der Waals surface area (Å²) in [4.78, 5) is 43.1. The molecule has 1 heterocycles. The Morgan fingerprint density at radius 1 is 1.12 bits per heavy atom. The van der Waals surface area contributed by atoms with E-state index < -0.39 is 52.6 Å². The molecule has 2 aromatic carbocycles. The number of amides is 1. The van der Waals surface area contributed by atoms with E-state index in [-0.39, 0.29) is 28.7 Å². The maximum Gasteiger partial charge on any atom is 0.255 e. The summed E-state index contributed by atoms with van der Waals surface area (Å²) < 4.78 is 0. The maximum absolute atomic E-state index is 13.9. The van der Waals surface area contributed by atoms with Gasteiger partial charge in [-0.1, -0.05) is 18.2 Å². The Labute approximate surface area is 231 Å². The molecule has 0 bridgehead atoms. The van der Waals surface area contributed by atoms with Gasteiger partial charge in [-0.15, -0.1) is 0 Å². The molecule has 6 N–H and O–H groups in total. The number of aromatic hydroxyl groups is 1. The third kappa shape index (κ3) is 3.93. The van der Waals surface area contributed by atoms with Crippen LogP contribution in [0.4, 0.5) is 0 Å². The second kappa shape index (κ2) is 9.43. The minimum Gasteiger partial charge on any atom is -0.510 e. The lowest BCUT2D eigenvalue weighted by Crippen LogP contribution is -2.55. The van der Waals surface area contributed by atoms with Gasteiger partial charge in [-0.3, -0.25) is 24.2 Å². The minimum absolute atomic E-state index is 0.0710. The van der Waals surface area contributed by atoms with Gasteiger partial charge in [0.05, 0.1) is 23.6 Å². The third-order valence-corrected chi connectivity index (χ3v) is 9.09. The Kier molecular flexibility index (Phi) is 6.25. The fourth-order valence-electron chi connectivity index (χ4n) is 7.39. The Morgan fingerprint density at radius 3 is 2.52 bits per heavy atom. The number of aliphatic hydroxyl groups is 3. The van der Waals surface area contributed by atoms with Gasteiger partial charge < -0.3 is 26.2 Å². The molecule has 10 heteroatoms. The van der Waals surface area contributed by atoms with Gasteiger partial charge in [0.15, 0.2) is 11.6 Å². The number of primary amides is 1. The number of β-amino-alcohol motifs (C(OH)–C–C–N with tert-alkyl or cyclic N) is 1. The summed E-state index contributed by atoms with van der Waals surface area (Å²) in [5.41, 5.74) is 6.74. The van der Waals surface area contributed by atoms with Crippen molar-refractivity contribution in [1.82, 2.24) is 9.80 Å². The smallest absolute Gasteiger partial charge is 0.255 e. The van der Waals surface area contributed by atoms with Crippen molar-refractivity contribution in [2.75, 3.05) is 27.2 Å². The fourth-order valence-corrected chi connectivity index (χ4v) is 7.39. The summed E-state index contributed by atoms with van der Waals surface area (Å²) in [5, 5.41) is 44.9. The first-order valence-corrected chi connectivity index (χ1v) is 13.6. The van der Waals surface area contributed by atoms with E-state index in [1.807, 2.05) is 24.3 Å². The van der Waals surface area contributed by atoms with Gasteiger partial charge in [0.25, 0.3) is 5.91 Å². The van der Waals surface area contributed by atoms with Crippen LogP contribution in [-0.4, -0.2) is 87.0 Å². The van der Waals surface area contributed by atoms with E-state index >= 15 is 0 Å². The molecule has 2 unspecified atom stereocenters. The first-order chi connectivity index (χ1) is 19.0. The van der Waals surface area contributed by atoms with E-state index in [0.29, 0.717) is 36.9 Å². The lowest BCUT2D eigenvalue weighted by Gasteiger charge is -2.46. The van der Waals surface area contributed by atoms with Crippen LogP contribution in [0.25, 0.3) is 16.5 Å². The minimum atomic E-state index is -1.27. The number of carbonyl (C=O) groups is 3. The Hall–Kier alpha value is -3.73. The van der Waals surface area contributed by atoms with Crippen LogP contribution >= 0.6 is 0 Å². The van der Waals surface area contributed by atoms with Crippen molar-refractivity contribution >= 4 is 34.0 Å². The second-order valence-electron chi connectivity index (χ2n) is 11.8. The summed E-state index contributed by atoms with van der Waals surface area (Å²) in [7, 11) is 3.39. The Morgan fingerprint density at radius 2 is 1.88 bits per heavy atom. The topological polar surface area (TPSA) is 165 Å². The average Bonchev–Trinajstić information content (AvgIpc) is 3.27. The fraction of sp³-hybridized carbons (Fsp3) is 0.433. The number of fused-ring (bicyclic) bond motifs is 4. The van der Waals surface area contributed by atoms with E-state index in [2.05, 4.69) is 4.90 Å². The molecule has 1 aliphatic heterocycles. The molecule has 0 radical (unpaired) electrons. The number of benzene rings is 2. The van der Waals surface area contributed by atoms with Crippen molar-refractivity contribution < 1.29 is 34.8 Å². The molecule has 6 rings (SSSR count). The molecule has 4 aliphatic rings. The lowest BCUT2D eigenvalue weighted by molar-refractivity contribution is -0.136. The van der Waals surface area contributed by atoms with E-state index in [4.69, 9.17) is 5.73 Å². The highest BCUT2D eigenvalue weighted by molar-refractivity contribution is 6.28. The maximum atomic E-state index is 13.9. The molecule has 210 valence electrons. The number of Topliss-reactive ketones (excluding diaryl/α,β-unsaturated/α-hetero) is 2. The number of rotatable bonds is 4. The molecule has 3 aliphatic carbocycles. The number of likely N-dealkylation sites (N-methyl/N-ethyl adjacent to an activating group) is 1. The highest BCUT2D eigenvalue weighted by Gasteiger charge is 2.55. The number of aliphatic hydroxyl groups excluding tert-OH is 3. The van der Waals surface area contributed by atoms with Crippen molar-refractivity contribution in [3.8, 4) is 5.75 Å². The van der Waals surface area contributed by atoms with Crippen LogP contribution in [0.2, 0.25) is 0 Å². The van der Waals surface area contributed by atoms with Gasteiger partial charge in [0.2, 0.25) is 0 Å². The molecule has 40 heavy (non-hydrogen) atoms. The van der Waals surface area contributed by atoms with Crippen molar-refractivity contribution in [2.45, 2.75) is 38.0 Å². The van der Waals surface area contributed by atoms with Crippen LogP contribution in [0.15, 0.2) is 41.2 Å². The monoisotopic (exact) mass is 547 g/mol. The zero-order valence-electron chi connectivity index (χ0n) is 22.4. The highest BCUT2D eigenvalue weighted by Crippen LogP contribution is 2.51. The summed E-state index contributed by atoms with van der Waals surface area (Å²) in [5.74, 6) is -5.76. The molecule has 1 amide bonds. The molecule has 10 nitrogen and oxygen atoms in total. The Bertz CT molecular complexity index is 1540. The third-order valence-electron chi connectivity index (χ3n) is 9.09. The first kappa shape index (κ1) is 26.5. The first-order valence-electron chi connectivity index (χ1n) is 13.6. The summed E-state index contributed by atoms with van der Waals surface area (Å²) in [6, 6.07) is 6.91. The van der Waals surface area contributed by atoms with Crippen LogP contribution in [-0.2, 0) is 27.3 Å². The van der Waals surface area contributed by atoms with Crippen LogP contribution in [0.5, 0.6) is 5.75 Å². The summed E-state index contributed by atoms with van der Waals surface area (Å²) in [6.45, 7) is 1.98. The number of carbonyl (C=O) groups excluding carboxylic acids is 3. The van der Waals surface area contributed by atoms with E-state index in [0.717, 1.165) is 23.9 Å². The largest absolute Gasteiger partial charge is 0.510 e. The van der Waals surface area contributed by atoms with Crippen molar-refractivity contribution in [3.63, 3.8) is 0 Å². The van der Waals surface area contributed by atoms with E-state index in [1.54, 1.807) is 19.0 Å². The molecule has 2 aromatic rings. The number of likely N-dealkylation sites (tertiary alicyclic amines) is 1. The van der Waals surface area contributed by atoms with E-state index in [9.17, 15) is 34.8 Å². The Balaban J connectivity index is 1.43. The number of hydrogen-bond acceptors (Lipinski definition) is 9. The quantitative estimate of drug-likeness (QED) is 0.282. The van der Waals surface area contributed by atoms with Gasteiger partial charge in [-0.2, -0.15) is 0 Å². The summed E-state index contributed by atoms with van der Waals surface area (Å²) in [6.07, 6.45) is 1.06. The van der Waals surface area contributed by atoms with Crippen LogP contribution in [0.3, 0.4) is 0 Å². The van der Waals surface area contributed by atoms with E-state index in [1.165, 1.54) is 0 Å². The molecule has 1 saturated carbocycles. The van der Waals surface area contributed by atoms with Crippen LogP contribution in [0.1, 0.15) is 29.5 Å². The molecule has 5 atom stereocenters. The van der Waals surface area contributed by atoms with Gasteiger partial charge in [0.1, 0.15) is 22.8 Å². The molecular formula is C30H33N3O7. The number of ketones is 2. The van der Waals surface area contributed by atoms with Crippen LogP contribution in [0, 0.1) is 17.8 Å². The number of phenolic OH excluding ortho intramolecular Hbond substituents is 1. The highest BCUT2D eigenvalue weighted by atomic mass is 16.3. The normalized spacial score (nSPS) is 28.8. The standard InChI is InChI=1S/C30H33N3O7/c1-32(2)24-19-10-16-9-15-8-14-4-3-13(11-33-6-5-17(34)12-33)7-18(14)25(35)20(15)26(36)21(16)27(37)22(19)28(38)23(29(24)39)30(31)40/h3-4,7-8,16-17,19,22,24,34-36,39H,5-6,9-12H2,1-2H3,(H2,31,40)/t16-,17-,19?,22?,24-/m0/s1. The molecule has 2 fully saturated rings. The van der Waals surface area contributed by atoms with Crippen molar-refractivity contribution in [2.24, 2.45) is 23.5 Å². The van der Waals surface area contributed by atoms with Gasteiger partial charge in [-0.25, -0.2) is 0 Å². The van der Waals surface area contributed by atoms with Crippen molar-refractivity contribution in [3.05, 3.63) is 57.9 Å². The predicted molar refractivity (Wildman–Crippen MR) is 146 cm³/mol. The molecule has 0 aromatic heterocycles. The number of phenols is 1. The summed E-state index contributed by atoms with van der Waals surface area (Å²) >= 11 is 0. The second-order valence-corrected chi connectivity index (χ2v) is 11.8. The number of nitrogens with zero attached hydrogens (tertiary/aromatic N) is 2. The number of hydrogen-bond donors (Lipinski definition) is 5. The molecule has 0 spiro atoms. The van der Waals surface area contributed by atoms with Gasteiger partial charge >= 0.3 is 0 Å². The van der Waals surface area contributed by atoms with Crippen molar-refractivity contribution in [1.29, 1.82) is 0 Å². The van der Waals surface area contributed by atoms with Gasteiger partial charge in [-0.05, 0) is 67.8 Å². The van der Waals surface area contributed by atoms with Gasteiger partial charge in [0, 0.05) is 30.6 Å². The number of nitrogens with two attached hydrogens (primary N) is 1. The van der Waals surface area contributed by atoms with Crippen LogP contribution < -0.4 is 5.73 Å². The average molecular weight is 548 g/mol. The number of allylic oxidation sites excluding steroid dienone is 1. The molecular weight excluding hydrogens is 514 g/mol.